The van der Waals surface area contributed by atoms with Crippen LogP contribution in [0.2, 0.25) is 0 Å². The van der Waals surface area contributed by atoms with Gasteiger partial charge in [0.2, 0.25) is 5.90 Å². The summed E-state index contributed by atoms with van der Waals surface area (Å²) >= 11 is 0. The van der Waals surface area contributed by atoms with Crippen LogP contribution in [0.15, 0.2) is 90.1 Å². The average molecular weight is 592 g/mol. The van der Waals surface area contributed by atoms with Gasteiger partial charge in [-0.05, 0) is 83.5 Å². The van der Waals surface area contributed by atoms with E-state index in [0.717, 1.165) is 73.7 Å². The Hall–Kier alpha value is -5.10. The summed E-state index contributed by atoms with van der Waals surface area (Å²) in [6.07, 6.45) is 2.83. The van der Waals surface area contributed by atoms with Crippen molar-refractivity contribution in [2.24, 2.45) is 4.99 Å². The van der Waals surface area contributed by atoms with Crippen LogP contribution in [0.1, 0.15) is 60.2 Å². The van der Waals surface area contributed by atoms with Gasteiger partial charge in [-0.2, -0.15) is 0 Å². The molecule has 1 aliphatic carbocycles. The van der Waals surface area contributed by atoms with Gasteiger partial charge in [0.05, 0.1) is 11.2 Å². The molecular weight excluding hydrogens is 558 g/mol. The molecule has 2 atom stereocenters. The molecule has 0 N–H and O–H groups in total. The number of pyridine rings is 1. The number of fused-ring (bicyclic) bond motifs is 8. The molecule has 0 bridgehead atoms. The zero-order valence-electron chi connectivity index (χ0n) is 26.0. The number of aromatic nitrogens is 2. The zero-order valence-corrected chi connectivity index (χ0v) is 26.0. The highest BCUT2D eigenvalue weighted by Crippen LogP contribution is 2.47. The summed E-state index contributed by atoms with van der Waals surface area (Å²) in [5.41, 5.74) is 9.95. The van der Waals surface area contributed by atoms with Crippen molar-refractivity contribution in [3.8, 4) is 28.7 Å². The third kappa shape index (κ3) is 4.01. The van der Waals surface area contributed by atoms with Crippen molar-refractivity contribution in [1.29, 1.82) is 0 Å². The number of benzene rings is 4. The van der Waals surface area contributed by atoms with Gasteiger partial charge in [0.25, 0.3) is 0 Å². The fourth-order valence-electron chi connectivity index (χ4n) is 7.05. The van der Waals surface area contributed by atoms with E-state index in [2.05, 4.69) is 68.7 Å². The maximum atomic E-state index is 6.56. The number of hydrogen-bond acceptors (Lipinski definition) is 5. The second kappa shape index (κ2) is 9.21. The fourth-order valence-corrected chi connectivity index (χ4v) is 7.05. The van der Waals surface area contributed by atoms with Crippen LogP contribution in [-0.2, 0) is 16.6 Å². The monoisotopic (exact) mass is 591 g/mol. The lowest BCUT2D eigenvalue weighted by Crippen LogP contribution is -2.13. The molecule has 0 saturated carbocycles. The number of para-hydroxylation sites is 1. The van der Waals surface area contributed by atoms with Gasteiger partial charge >= 0.3 is 0 Å². The molecule has 0 radical (unpaired) electrons. The lowest BCUT2D eigenvalue weighted by molar-refractivity contribution is 0.206. The summed E-state index contributed by atoms with van der Waals surface area (Å²) in [5, 5.41) is 2.23. The molecule has 6 heteroatoms. The van der Waals surface area contributed by atoms with Crippen molar-refractivity contribution in [2.75, 3.05) is 0 Å². The smallest absolute Gasteiger partial charge is 0.217 e. The van der Waals surface area contributed by atoms with E-state index in [9.17, 15) is 0 Å². The molecule has 222 valence electrons. The topological polar surface area (TPSA) is 57.9 Å². The summed E-state index contributed by atoms with van der Waals surface area (Å²) < 4.78 is 21.6. The molecule has 6 nitrogen and oxygen atoms in total. The molecule has 4 aromatic carbocycles. The summed E-state index contributed by atoms with van der Waals surface area (Å²) in [6, 6.07) is 27.4. The van der Waals surface area contributed by atoms with Gasteiger partial charge in [0.15, 0.2) is 11.5 Å². The molecular formula is C39H33N3O3. The maximum Gasteiger partial charge on any atom is 0.217 e. The van der Waals surface area contributed by atoms with Gasteiger partial charge in [-0.3, -0.25) is 4.57 Å². The molecule has 0 spiro atoms. The lowest BCUT2D eigenvalue weighted by atomic mass is 9.85. The van der Waals surface area contributed by atoms with Crippen LogP contribution < -0.4 is 9.47 Å². The van der Waals surface area contributed by atoms with Crippen molar-refractivity contribution >= 4 is 27.8 Å². The Balaban J connectivity index is 1.06. The van der Waals surface area contributed by atoms with Crippen molar-refractivity contribution in [1.82, 2.24) is 9.55 Å². The molecule has 2 aliphatic heterocycles. The largest absolute Gasteiger partial charge is 0.471 e. The minimum Gasteiger partial charge on any atom is -0.471 e. The van der Waals surface area contributed by atoms with Gasteiger partial charge in [0.1, 0.15) is 29.3 Å². The minimum atomic E-state index is 0.0324. The van der Waals surface area contributed by atoms with Crippen LogP contribution >= 0.6 is 0 Å². The molecule has 2 aromatic heterocycles. The summed E-state index contributed by atoms with van der Waals surface area (Å²) in [6.45, 7) is 10.9. The van der Waals surface area contributed by atoms with Crippen LogP contribution in [-0.4, -0.2) is 21.6 Å². The normalized spacial score (nSPS) is 17.8. The fraction of sp³-hybridized carbons (Fsp3) is 0.231. The summed E-state index contributed by atoms with van der Waals surface area (Å²) in [7, 11) is 0. The number of rotatable bonds is 3. The molecule has 0 saturated heterocycles. The first-order valence-corrected chi connectivity index (χ1v) is 15.6. The standard InChI is InChI=1S/C39H33N3O3/c1-21-14-29-28-10-7-11-31-36(28)42(37(29)40-20-21)30-19-32(22(2)15-33(30)44-31)43-26-9-6-8-23(17-26)38-41-35-27-13-12-25(39(3,4)5)16-24(27)18-34(35)45-38/h6-17,19-20,34-35H,18H2,1-5H3/t34-,35+/m0/s1. The maximum absolute atomic E-state index is 6.56. The van der Waals surface area contributed by atoms with E-state index in [1.807, 2.05) is 55.6 Å². The van der Waals surface area contributed by atoms with E-state index < -0.39 is 0 Å². The van der Waals surface area contributed by atoms with Crippen LogP contribution in [0.25, 0.3) is 27.6 Å². The Morgan fingerprint density at radius 2 is 1.76 bits per heavy atom. The van der Waals surface area contributed by atoms with Gasteiger partial charge in [0, 0.05) is 35.0 Å². The quantitative estimate of drug-likeness (QED) is 0.205. The van der Waals surface area contributed by atoms with Crippen LogP contribution in [0.4, 0.5) is 0 Å². The number of hydrogen-bond donors (Lipinski definition) is 0. The van der Waals surface area contributed by atoms with E-state index >= 15 is 0 Å². The number of nitrogens with zero attached hydrogens (tertiary/aromatic N) is 3. The number of aryl methyl sites for hydroxylation is 2. The van der Waals surface area contributed by atoms with Crippen molar-refractivity contribution in [2.45, 2.75) is 58.6 Å². The lowest BCUT2D eigenvalue weighted by Gasteiger charge is -2.22. The Kier molecular flexibility index (Phi) is 5.38. The summed E-state index contributed by atoms with van der Waals surface area (Å²) in [5.74, 6) is 3.77. The Labute approximate surface area is 261 Å². The third-order valence-electron chi connectivity index (χ3n) is 9.37. The SMILES string of the molecule is Cc1cnc2c(c1)c1cccc3c1n2-c1cc(Oc2cccc(C4=N[C@@H]5c6ccc(C(C)(C)C)cc6C[C@@H]5O4)c2)c(C)cc1O3. The Bertz CT molecular complexity index is 2250. The number of aliphatic imine (C=N–C) groups is 1. The minimum absolute atomic E-state index is 0.0324. The first kappa shape index (κ1) is 26.3. The molecule has 4 heterocycles. The second-order valence-corrected chi connectivity index (χ2v) is 13.6. The number of ether oxygens (including phenoxy) is 3. The highest BCUT2D eigenvalue weighted by Gasteiger charge is 2.40. The van der Waals surface area contributed by atoms with E-state index in [1.54, 1.807) is 0 Å². The Morgan fingerprint density at radius 3 is 2.62 bits per heavy atom. The van der Waals surface area contributed by atoms with E-state index in [4.69, 9.17) is 24.2 Å². The Morgan fingerprint density at radius 1 is 0.889 bits per heavy atom. The van der Waals surface area contributed by atoms with Crippen LogP contribution in [0, 0.1) is 13.8 Å². The second-order valence-electron chi connectivity index (χ2n) is 13.6. The molecule has 9 rings (SSSR count). The highest BCUT2D eigenvalue weighted by molar-refractivity contribution is 6.11. The zero-order chi connectivity index (χ0) is 30.6. The highest BCUT2D eigenvalue weighted by atomic mass is 16.5. The molecule has 3 aliphatic rings. The van der Waals surface area contributed by atoms with Gasteiger partial charge < -0.3 is 14.2 Å². The van der Waals surface area contributed by atoms with Crippen molar-refractivity contribution in [3.63, 3.8) is 0 Å². The van der Waals surface area contributed by atoms with E-state index in [1.165, 1.54) is 16.7 Å². The molecule has 45 heavy (non-hydrogen) atoms. The predicted octanol–water partition coefficient (Wildman–Crippen LogP) is 9.43. The predicted molar refractivity (Wildman–Crippen MR) is 178 cm³/mol. The van der Waals surface area contributed by atoms with E-state index in [0.29, 0.717) is 5.90 Å². The molecule has 6 aromatic rings. The van der Waals surface area contributed by atoms with Gasteiger partial charge in [-0.1, -0.05) is 57.2 Å². The first-order valence-electron chi connectivity index (χ1n) is 15.6. The summed E-state index contributed by atoms with van der Waals surface area (Å²) in [4.78, 5) is 9.91. The molecule has 0 amide bonds. The molecule has 0 fully saturated rings. The van der Waals surface area contributed by atoms with Crippen molar-refractivity contribution < 1.29 is 14.2 Å². The van der Waals surface area contributed by atoms with Gasteiger partial charge in [-0.25, -0.2) is 9.98 Å². The van der Waals surface area contributed by atoms with Crippen molar-refractivity contribution in [3.05, 3.63) is 118 Å². The molecule has 0 unspecified atom stereocenters. The van der Waals surface area contributed by atoms with E-state index in [-0.39, 0.29) is 17.6 Å². The first-order chi connectivity index (χ1) is 21.7. The van der Waals surface area contributed by atoms with Crippen LogP contribution in [0.5, 0.6) is 23.0 Å². The van der Waals surface area contributed by atoms with Gasteiger partial charge in [-0.15, -0.1) is 0 Å². The third-order valence-corrected chi connectivity index (χ3v) is 9.37. The van der Waals surface area contributed by atoms with Crippen LogP contribution in [0.3, 0.4) is 0 Å². The average Bonchev–Trinajstić information content (AvgIpc) is 3.68.